The van der Waals surface area contributed by atoms with Crippen molar-refractivity contribution in [3.63, 3.8) is 0 Å². The minimum atomic E-state index is 0. The number of amides is 1. The number of nitrogens with two attached hydrogens (primary N) is 1. The summed E-state index contributed by atoms with van der Waals surface area (Å²) in [6, 6.07) is 8.04. The van der Waals surface area contributed by atoms with Gasteiger partial charge in [-0.15, -0.1) is 23.7 Å². The van der Waals surface area contributed by atoms with Gasteiger partial charge in [-0.05, 0) is 25.5 Å². The summed E-state index contributed by atoms with van der Waals surface area (Å²) in [6.07, 6.45) is 1.19. The Morgan fingerprint density at radius 3 is 2.89 bits per heavy atom. The largest absolute Gasteiger partial charge is 0.350 e. The Labute approximate surface area is 122 Å². The standard InChI is InChI=1S/C13H17N3OS.ClH/c1-9(14)6-7-12(17)15-8-13-16-10-4-2-3-5-11(10)18-13;/h2-5,9H,6-8,14H2,1H3,(H,15,17);1H. The van der Waals surface area contributed by atoms with Gasteiger partial charge < -0.3 is 11.1 Å². The highest BCUT2D eigenvalue weighted by Crippen LogP contribution is 2.21. The van der Waals surface area contributed by atoms with E-state index in [-0.39, 0.29) is 24.4 Å². The van der Waals surface area contributed by atoms with Crippen molar-refractivity contribution in [3.8, 4) is 0 Å². The molecule has 6 heteroatoms. The first-order valence-electron chi connectivity index (χ1n) is 6.02. The fourth-order valence-corrected chi connectivity index (χ4v) is 2.52. The number of benzene rings is 1. The smallest absolute Gasteiger partial charge is 0.220 e. The highest BCUT2D eigenvalue weighted by atomic mass is 35.5. The quantitative estimate of drug-likeness (QED) is 0.891. The summed E-state index contributed by atoms with van der Waals surface area (Å²) in [5, 5.41) is 3.80. The van der Waals surface area contributed by atoms with E-state index in [1.54, 1.807) is 11.3 Å². The minimum Gasteiger partial charge on any atom is -0.350 e. The molecule has 0 aliphatic heterocycles. The molecule has 2 aromatic rings. The lowest BCUT2D eigenvalue weighted by Gasteiger charge is -2.05. The number of rotatable bonds is 5. The molecule has 3 N–H and O–H groups in total. The van der Waals surface area contributed by atoms with Gasteiger partial charge in [0.15, 0.2) is 0 Å². The number of hydrogen-bond acceptors (Lipinski definition) is 4. The zero-order valence-corrected chi connectivity index (χ0v) is 12.4. The third-order valence-electron chi connectivity index (χ3n) is 2.60. The Morgan fingerprint density at radius 2 is 2.21 bits per heavy atom. The second-order valence-corrected chi connectivity index (χ2v) is 5.48. The number of carbonyl (C=O) groups excluding carboxylic acids is 1. The van der Waals surface area contributed by atoms with Gasteiger partial charge in [-0.25, -0.2) is 4.98 Å². The summed E-state index contributed by atoms with van der Waals surface area (Å²) in [5.74, 6) is 0.0338. The first-order valence-corrected chi connectivity index (χ1v) is 6.83. The molecular weight excluding hydrogens is 282 g/mol. The second kappa shape index (κ2) is 7.43. The maximum Gasteiger partial charge on any atom is 0.220 e. The normalized spacial score (nSPS) is 11.9. The zero-order chi connectivity index (χ0) is 13.0. The van der Waals surface area contributed by atoms with Crippen LogP contribution in [-0.4, -0.2) is 16.9 Å². The van der Waals surface area contributed by atoms with Crippen molar-refractivity contribution < 1.29 is 4.79 Å². The molecule has 0 spiro atoms. The van der Waals surface area contributed by atoms with Gasteiger partial charge in [0.25, 0.3) is 0 Å². The van der Waals surface area contributed by atoms with Crippen LogP contribution in [0.2, 0.25) is 0 Å². The van der Waals surface area contributed by atoms with Gasteiger partial charge in [-0.1, -0.05) is 12.1 Å². The van der Waals surface area contributed by atoms with E-state index in [1.807, 2.05) is 31.2 Å². The summed E-state index contributed by atoms with van der Waals surface area (Å²) in [7, 11) is 0. The maximum absolute atomic E-state index is 11.5. The van der Waals surface area contributed by atoms with E-state index < -0.39 is 0 Å². The van der Waals surface area contributed by atoms with E-state index in [0.29, 0.717) is 19.4 Å². The topological polar surface area (TPSA) is 68.0 Å². The van der Waals surface area contributed by atoms with Crippen molar-refractivity contribution in [1.29, 1.82) is 0 Å². The number of carbonyl (C=O) groups is 1. The van der Waals surface area contributed by atoms with E-state index >= 15 is 0 Å². The van der Waals surface area contributed by atoms with Crippen molar-refractivity contribution in [2.45, 2.75) is 32.4 Å². The number of fused-ring (bicyclic) bond motifs is 1. The fraction of sp³-hybridized carbons (Fsp3) is 0.385. The van der Waals surface area contributed by atoms with Crippen molar-refractivity contribution in [1.82, 2.24) is 10.3 Å². The molecule has 1 aromatic carbocycles. The van der Waals surface area contributed by atoms with Gasteiger partial charge in [0.1, 0.15) is 5.01 Å². The number of halogens is 1. The van der Waals surface area contributed by atoms with Crippen molar-refractivity contribution in [3.05, 3.63) is 29.3 Å². The summed E-state index contributed by atoms with van der Waals surface area (Å²) in [4.78, 5) is 16.0. The molecule has 2 rings (SSSR count). The number of thiazole rings is 1. The number of hydrogen-bond donors (Lipinski definition) is 2. The van der Waals surface area contributed by atoms with Crippen molar-refractivity contribution >= 4 is 39.9 Å². The van der Waals surface area contributed by atoms with Crippen LogP contribution < -0.4 is 11.1 Å². The predicted molar refractivity (Wildman–Crippen MR) is 81.6 cm³/mol. The van der Waals surface area contributed by atoms with Gasteiger partial charge in [0.05, 0.1) is 16.8 Å². The highest BCUT2D eigenvalue weighted by molar-refractivity contribution is 7.18. The third kappa shape index (κ3) is 4.78. The Kier molecular flexibility index (Phi) is 6.21. The molecule has 1 atom stereocenters. The molecule has 1 aromatic heterocycles. The summed E-state index contributed by atoms with van der Waals surface area (Å²) < 4.78 is 1.15. The number of nitrogens with zero attached hydrogens (tertiary/aromatic N) is 1. The zero-order valence-electron chi connectivity index (χ0n) is 10.8. The van der Waals surface area contributed by atoms with Crippen LogP contribution in [-0.2, 0) is 11.3 Å². The van der Waals surface area contributed by atoms with E-state index in [0.717, 1.165) is 15.2 Å². The van der Waals surface area contributed by atoms with Crippen LogP contribution in [0.4, 0.5) is 0 Å². The van der Waals surface area contributed by atoms with Crippen molar-refractivity contribution in [2.24, 2.45) is 5.73 Å². The van der Waals surface area contributed by atoms with E-state index in [4.69, 9.17) is 5.73 Å². The van der Waals surface area contributed by atoms with Gasteiger partial charge in [0, 0.05) is 12.5 Å². The molecule has 1 heterocycles. The van der Waals surface area contributed by atoms with Crippen LogP contribution in [0.3, 0.4) is 0 Å². The monoisotopic (exact) mass is 299 g/mol. The van der Waals surface area contributed by atoms with E-state index in [2.05, 4.69) is 10.3 Å². The minimum absolute atomic E-state index is 0. The van der Waals surface area contributed by atoms with Crippen molar-refractivity contribution in [2.75, 3.05) is 0 Å². The molecule has 0 radical (unpaired) electrons. The molecule has 0 bridgehead atoms. The molecule has 0 fully saturated rings. The number of aromatic nitrogens is 1. The predicted octanol–water partition coefficient (Wildman–Crippen LogP) is 2.46. The van der Waals surface area contributed by atoms with Gasteiger partial charge in [0.2, 0.25) is 5.91 Å². The van der Waals surface area contributed by atoms with Crippen LogP contribution in [0.15, 0.2) is 24.3 Å². The molecular formula is C13H18ClN3OS. The lowest BCUT2D eigenvalue weighted by Crippen LogP contribution is -2.25. The highest BCUT2D eigenvalue weighted by Gasteiger charge is 2.06. The number of para-hydroxylation sites is 1. The van der Waals surface area contributed by atoms with E-state index in [1.165, 1.54) is 0 Å². The Morgan fingerprint density at radius 1 is 1.47 bits per heavy atom. The first kappa shape index (κ1) is 15.9. The Balaban J connectivity index is 0.00000180. The fourth-order valence-electron chi connectivity index (χ4n) is 1.62. The van der Waals surface area contributed by atoms with Gasteiger partial charge in [-0.2, -0.15) is 0 Å². The molecule has 0 saturated heterocycles. The SMILES string of the molecule is CC(N)CCC(=O)NCc1nc2ccccc2s1.Cl. The maximum atomic E-state index is 11.5. The average molecular weight is 300 g/mol. The molecule has 19 heavy (non-hydrogen) atoms. The van der Waals surface area contributed by atoms with Crippen LogP contribution in [0, 0.1) is 0 Å². The van der Waals surface area contributed by atoms with Crippen LogP contribution in [0.1, 0.15) is 24.8 Å². The van der Waals surface area contributed by atoms with Crippen LogP contribution in [0.25, 0.3) is 10.2 Å². The third-order valence-corrected chi connectivity index (χ3v) is 3.64. The summed E-state index contributed by atoms with van der Waals surface area (Å²) >= 11 is 1.61. The number of nitrogens with one attached hydrogen (secondary N) is 1. The van der Waals surface area contributed by atoms with Crippen LogP contribution in [0.5, 0.6) is 0 Å². The summed E-state index contributed by atoms with van der Waals surface area (Å²) in [6.45, 7) is 2.40. The van der Waals surface area contributed by atoms with Crippen LogP contribution >= 0.6 is 23.7 Å². The lowest BCUT2D eigenvalue weighted by atomic mass is 10.2. The molecule has 4 nitrogen and oxygen atoms in total. The van der Waals surface area contributed by atoms with Gasteiger partial charge in [-0.3, -0.25) is 4.79 Å². The molecule has 1 unspecified atom stereocenters. The summed E-state index contributed by atoms with van der Waals surface area (Å²) in [5.41, 5.74) is 6.60. The molecule has 0 saturated carbocycles. The average Bonchev–Trinajstić information content (AvgIpc) is 2.76. The molecule has 104 valence electrons. The van der Waals surface area contributed by atoms with Gasteiger partial charge >= 0.3 is 0 Å². The molecule has 1 amide bonds. The van der Waals surface area contributed by atoms with E-state index in [9.17, 15) is 4.79 Å². The molecule has 0 aliphatic carbocycles. The lowest BCUT2D eigenvalue weighted by molar-refractivity contribution is -0.121. The first-order chi connectivity index (χ1) is 8.65. The Hall–Kier alpha value is -1.17. The Bertz CT molecular complexity index is 508. The molecule has 0 aliphatic rings. The second-order valence-electron chi connectivity index (χ2n) is 4.37.